The minimum Gasteiger partial charge on any atom is -0.385 e. The molecule has 4 heteroatoms. The highest BCUT2D eigenvalue weighted by atomic mass is 16.5. The summed E-state index contributed by atoms with van der Waals surface area (Å²) in [4.78, 5) is 2.52. The molecule has 0 aromatic rings. The average molecular weight is 258 g/mol. The molecule has 0 saturated carbocycles. The summed E-state index contributed by atoms with van der Waals surface area (Å²) in [5.74, 6) is 0.875. The molecule has 0 radical (unpaired) electrons. The lowest BCUT2D eigenvalue weighted by Crippen LogP contribution is -2.37. The van der Waals surface area contributed by atoms with E-state index >= 15 is 0 Å². The molecule has 0 bridgehead atoms. The minimum absolute atomic E-state index is 0.798. The normalized spacial score (nSPS) is 17.5. The van der Waals surface area contributed by atoms with Crippen LogP contribution in [0.2, 0.25) is 0 Å². The van der Waals surface area contributed by atoms with E-state index < -0.39 is 0 Å². The smallest absolute Gasteiger partial charge is 0.0593 e. The van der Waals surface area contributed by atoms with Gasteiger partial charge in [-0.05, 0) is 44.8 Å². The standard InChI is InChI=1S/C14H30N2O2/c1-3-16(9-12-18-11-4-10-17-2)13-14-5-7-15-8-6-14/h14-15H,3-13H2,1-2H3. The summed E-state index contributed by atoms with van der Waals surface area (Å²) in [6, 6.07) is 0. The highest BCUT2D eigenvalue weighted by Crippen LogP contribution is 2.13. The number of hydrogen-bond acceptors (Lipinski definition) is 4. The number of methoxy groups -OCH3 is 1. The van der Waals surface area contributed by atoms with Crippen LogP contribution in [-0.2, 0) is 9.47 Å². The van der Waals surface area contributed by atoms with Crippen LogP contribution in [0.1, 0.15) is 26.2 Å². The molecular weight excluding hydrogens is 228 g/mol. The Morgan fingerprint density at radius 2 is 1.94 bits per heavy atom. The molecular formula is C14H30N2O2. The van der Waals surface area contributed by atoms with E-state index in [0.717, 1.165) is 45.2 Å². The summed E-state index contributed by atoms with van der Waals surface area (Å²) in [6.45, 7) is 10.5. The van der Waals surface area contributed by atoms with Gasteiger partial charge in [-0.15, -0.1) is 0 Å². The van der Waals surface area contributed by atoms with E-state index in [2.05, 4.69) is 17.1 Å². The molecule has 4 nitrogen and oxygen atoms in total. The molecule has 1 aliphatic rings. The zero-order valence-corrected chi connectivity index (χ0v) is 12.1. The Kier molecular flexibility index (Phi) is 9.48. The molecule has 0 amide bonds. The quantitative estimate of drug-likeness (QED) is 0.600. The van der Waals surface area contributed by atoms with Crippen molar-refractivity contribution in [1.82, 2.24) is 10.2 Å². The highest BCUT2D eigenvalue weighted by molar-refractivity contribution is 4.72. The van der Waals surface area contributed by atoms with Crippen molar-refractivity contribution >= 4 is 0 Å². The van der Waals surface area contributed by atoms with Gasteiger partial charge in [0.15, 0.2) is 0 Å². The fraction of sp³-hybridized carbons (Fsp3) is 1.00. The molecule has 18 heavy (non-hydrogen) atoms. The lowest BCUT2D eigenvalue weighted by atomic mass is 9.97. The number of hydrogen-bond donors (Lipinski definition) is 1. The first kappa shape index (κ1) is 15.9. The van der Waals surface area contributed by atoms with Crippen molar-refractivity contribution in [2.24, 2.45) is 5.92 Å². The van der Waals surface area contributed by atoms with Gasteiger partial charge in [0, 0.05) is 33.4 Å². The third-order valence-corrected chi connectivity index (χ3v) is 3.61. The van der Waals surface area contributed by atoms with Gasteiger partial charge >= 0.3 is 0 Å². The van der Waals surface area contributed by atoms with Crippen molar-refractivity contribution in [3.8, 4) is 0 Å². The predicted octanol–water partition coefficient (Wildman–Crippen LogP) is 1.36. The monoisotopic (exact) mass is 258 g/mol. The van der Waals surface area contributed by atoms with Gasteiger partial charge < -0.3 is 19.7 Å². The summed E-state index contributed by atoms with van der Waals surface area (Å²) in [7, 11) is 1.73. The van der Waals surface area contributed by atoms with Crippen molar-refractivity contribution in [3.05, 3.63) is 0 Å². The molecule has 0 aromatic carbocycles. The van der Waals surface area contributed by atoms with Crippen LogP contribution in [0.15, 0.2) is 0 Å². The molecule has 1 rings (SSSR count). The summed E-state index contributed by atoms with van der Waals surface area (Å²) < 4.78 is 10.6. The molecule has 0 spiro atoms. The van der Waals surface area contributed by atoms with Crippen LogP contribution in [0, 0.1) is 5.92 Å². The number of nitrogens with one attached hydrogen (secondary N) is 1. The molecule has 1 fully saturated rings. The van der Waals surface area contributed by atoms with Crippen LogP contribution in [0.5, 0.6) is 0 Å². The molecule has 1 heterocycles. The first-order valence-corrected chi connectivity index (χ1v) is 7.36. The van der Waals surface area contributed by atoms with Crippen molar-refractivity contribution < 1.29 is 9.47 Å². The van der Waals surface area contributed by atoms with Crippen molar-refractivity contribution in [3.63, 3.8) is 0 Å². The van der Waals surface area contributed by atoms with Gasteiger partial charge in [-0.2, -0.15) is 0 Å². The number of nitrogens with zero attached hydrogens (tertiary/aromatic N) is 1. The second kappa shape index (κ2) is 10.7. The molecule has 0 aromatic heterocycles. The third kappa shape index (κ3) is 7.31. The lowest BCUT2D eigenvalue weighted by molar-refractivity contribution is 0.0795. The van der Waals surface area contributed by atoms with Crippen LogP contribution in [0.3, 0.4) is 0 Å². The first-order chi connectivity index (χ1) is 8.86. The Bertz CT molecular complexity index is 185. The molecule has 0 aliphatic carbocycles. The summed E-state index contributed by atoms with van der Waals surface area (Å²) in [6.07, 6.45) is 3.65. The van der Waals surface area contributed by atoms with Gasteiger partial charge in [-0.25, -0.2) is 0 Å². The summed E-state index contributed by atoms with van der Waals surface area (Å²) in [5, 5.41) is 3.42. The molecule has 1 N–H and O–H groups in total. The zero-order chi connectivity index (χ0) is 13.1. The molecule has 0 unspecified atom stereocenters. The first-order valence-electron chi connectivity index (χ1n) is 7.36. The van der Waals surface area contributed by atoms with Crippen molar-refractivity contribution in [1.29, 1.82) is 0 Å². The lowest BCUT2D eigenvalue weighted by Gasteiger charge is -2.29. The summed E-state index contributed by atoms with van der Waals surface area (Å²) in [5.41, 5.74) is 0. The van der Waals surface area contributed by atoms with Crippen LogP contribution >= 0.6 is 0 Å². The van der Waals surface area contributed by atoms with E-state index in [4.69, 9.17) is 9.47 Å². The predicted molar refractivity (Wildman–Crippen MR) is 75.0 cm³/mol. The second-order valence-electron chi connectivity index (χ2n) is 5.05. The third-order valence-electron chi connectivity index (χ3n) is 3.61. The Morgan fingerprint density at radius 3 is 2.61 bits per heavy atom. The average Bonchev–Trinajstić information content (AvgIpc) is 2.42. The van der Waals surface area contributed by atoms with E-state index in [0.29, 0.717) is 0 Å². The highest BCUT2D eigenvalue weighted by Gasteiger charge is 2.15. The maximum atomic E-state index is 5.62. The zero-order valence-electron chi connectivity index (χ0n) is 12.1. The van der Waals surface area contributed by atoms with E-state index in [1.807, 2.05) is 0 Å². The minimum atomic E-state index is 0.798. The number of likely N-dealkylation sites (N-methyl/N-ethyl adjacent to an activating group) is 1. The van der Waals surface area contributed by atoms with E-state index in [1.165, 1.54) is 32.5 Å². The molecule has 1 aliphatic heterocycles. The van der Waals surface area contributed by atoms with Gasteiger partial charge in [0.25, 0.3) is 0 Å². The van der Waals surface area contributed by atoms with Gasteiger partial charge in [-0.3, -0.25) is 0 Å². The maximum Gasteiger partial charge on any atom is 0.0593 e. The van der Waals surface area contributed by atoms with Gasteiger partial charge in [0.05, 0.1) is 6.61 Å². The van der Waals surface area contributed by atoms with Gasteiger partial charge in [-0.1, -0.05) is 6.92 Å². The van der Waals surface area contributed by atoms with Crippen LogP contribution in [0.4, 0.5) is 0 Å². The largest absolute Gasteiger partial charge is 0.385 e. The molecule has 1 saturated heterocycles. The van der Waals surface area contributed by atoms with Gasteiger partial charge in [0.2, 0.25) is 0 Å². The van der Waals surface area contributed by atoms with Crippen molar-refractivity contribution in [2.75, 3.05) is 59.7 Å². The van der Waals surface area contributed by atoms with E-state index in [1.54, 1.807) is 7.11 Å². The van der Waals surface area contributed by atoms with Crippen LogP contribution in [-0.4, -0.2) is 64.6 Å². The molecule has 108 valence electrons. The number of piperidine rings is 1. The fourth-order valence-electron chi connectivity index (χ4n) is 2.41. The fourth-order valence-corrected chi connectivity index (χ4v) is 2.41. The Labute approximate surface area is 112 Å². The maximum absolute atomic E-state index is 5.62. The Balaban J connectivity index is 2.01. The van der Waals surface area contributed by atoms with Gasteiger partial charge in [0.1, 0.15) is 0 Å². The van der Waals surface area contributed by atoms with E-state index in [-0.39, 0.29) is 0 Å². The number of ether oxygens (including phenoxy) is 2. The SMILES string of the molecule is CCN(CCOCCCOC)CC1CCNCC1. The Hall–Kier alpha value is -0.160. The topological polar surface area (TPSA) is 33.7 Å². The summed E-state index contributed by atoms with van der Waals surface area (Å²) >= 11 is 0. The molecule has 0 atom stereocenters. The second-order valence-corrected chi connectivity index (χ2v) is 5.05. The van der Waals surface area contributed by atoms with Crippen LogP contribution in [0.25, 0.3) is 0 Å². The van der Waals surface area contributed by atoms with Crippen LogP contribution < -0.4 is 5.32 Å². The van der Waals surface area contributed by atoms with Crippen molar-refractivity contribution in [2.45, 2.75) is 26.2 Å². The van der Waals surface area contributed by atoms with E-state index in [9.17, 15) is 0 Å². The Morgan fingerprint density at radius 1 is 1.17 bits per heavy atom. The number of rotatable bonds is 10.